The minimum absolute atomic E-state index is 0.0196. The normalized spacial score (nSPS) is 11.5. The molecule has 1 N–H and O–H groups in total. The first kappa shape index (κ1) is 17.7. The Morgan fingerprint density at radius 3 is 2.73 bits per heavy atom. The average Bonchev–Trinajstić information content (AvgIpc) is 3.03. The quantitative estimate of drug-likeness (QED) is 0.756. The Kier molecular flexibility index (Phi) is 4.79. The maximum atomic E-state index is 13.0. The fourth-order valence-corrected chi connectivity index (χ4v) is 2.42. The molecule has 1 aromatic carbocycles. The minimum atomic E-state index is -4.48. The maximum Gasteiger partial charge on any atom is 0.416 e. The molecule has 0 saturated carbocycles. The number of rotatable bonds is 5. The van der Waals surface area contributed by atoms with Gasteiger partial charge < -0.3 is 10.1 Å². The second kappa shape index (κ2) is 7.03. The fraction of sp³-hybridized carbons (Fsp3) is 0.235. The Bertz CT molecular complexity index is 937. The third kappa shape index (κ3) is 3.76. The van der Waals surface area contributed by atoms with Crippen LogP contribution in [-0.4, -0.2) is 27.1 Å². The highest BCUT2D eigenvalue weighted by Crippen LogP contribution is 2.31. The van der Waals surface area contributed by atoms with E-state index >= 15 is 0 Å². The molecule has 0 aliphatic carbocycles. The number of carbonyl (C=O) groups is 1. The number of halogens is 3. The molecule has 26 heavy (non-hydrogen) atoms. The van der Waals surface area contributed by atoms with Gasteiger partial charge in [0.05, 0.1) is 18.4 Å². The van der Waals surface area contributed by atoms with Crippen LogP contribution in [0.1, 0.15) is 28.5 Å². The Morgan fingerprint density at radius 2 is 2.00 bits per heavy atom. The van der Waals surface area contributed by atoms with E-state index in [9.17, 15) is 18.0 Å². The number of nitrogens with one attached hydrogen (secondary N) is 1. The van der Waals surface area contributed by atoms with Gasteiger partial charge in [-0.3, -0.25) is 4.79 Å². The maximum absolute atomic E-state index is 13.0. The lowest BCUT2D eigenvalue weighted by molar-refractivity contribution is -0.138. The summed E-state index contributed by atoms with van der Waals surface area (Å²) in [6.45, 7) is 2.00. The number of aromatic nitrogens is 3. The number of nitrogens with zero attached hydrogens (tertiary/aromatic N) is 3. The molecule has 0 aliphatic heterocycles. The summed E-state index contributed by atoms with van der Waals surface area (Å²) >= 11 is 0. The van der Waals surface area contributed by atoms with Gasteiger partial charge in [-0.2, -0.15) is 13.2 Å². The lowest BCUT2D eigenvalue weighted by Gasteiger charge is -2.12. The summed E-state index contributed by atoms with van der Waals surface area (Å²) in [5, 5.41) is 6.59. The lowest BCUT2D eigenvalue weighted by Crippen LogP contribution is -2.24. The van der Waals surface area contributed by atoms with E-state index in [-0.39, 0.29) is 17.8 Å². The largest absolute Gasteiger partial charge is 0.477 e. The Labute approximate surface area is 146 Å². The third-order valence-electron chi connectivity index (χ3n) is 3.58. The molecule has 2 heterocycles. The standard InChI is InChI=1S/C17H15F3N4O2/c1-2-26-15-8-7-14-22-13(10-24(14)23-15)16(25)21-9-11-5-3-4-6-12(11)17(18,19)20/h3-8,10H,2,9H2,1H3,(H,21,25). The predicted octanol–water partition coefficient (Wildman–Crippen LogP) is 3.08. The van der Waals surface area contributed by atoms with Gasteiger partial charge in [0, 0.05) is 12.6 Å². The minimum Gasteiger partial charge on any atom is -0.477 e. The molecule has 0 spiro atoms. The molecule has 9 heteroatoms. The van der Waals surface area contributed by atoms with Gasteiger partial charge >= 0.3 is 6.18 Å². The van der Waals surface area contributed by atoms with Crippen LogP contribution in [0.2, 0.25) is 0 Å². The van der Waals surface area contributed by atoms with Crippen molar-refractivity contribution < 1.29 is 22.7 Å². The van der Waals surface area contributed by atoms with Crippen molar-refractivity contribution in [1.29, 1.82) is 0 Å². The molecule has 0 aliphatic rings. The van der Waals surface area contributed by atoms with Gasteiger partial charge in [0.1, 0.15) is 5.69 Å². The Hall–Kier alpha value is -3.10. The van der Waals surface area contributed by atoms with Crippen molar-refractivity contribution in [2.45, 2.75) is 19.6 Å². The summed E-state index contributed by atoms with van der Waals surface area (Å²) in [4.78, 5) is 16.3. The van der Waals surface area contributed by atoms with Crippen LogP contribution >= 0.6 is 0 Å². The number of imidazole rings is 1. The number of alkyl halides is 3. The number of benzene rings is 1. The van der Waals surface area contributed by atoms with E-state index in [1.54, 1.807) is 12.1 Å². The van der Waals surface area contributed by atoms with Crippen LogP contribution in [0.15, 0.2) is 42.6 Å². The van der Waals surface area contributed by atoms with Crippen LogP contribution in [0.3, 0.4) is 0 Å². The van der Waals surface area contributed by atoms with Gasteiger partial charge in [-0.05, 0) is 24.6 Å². The third-order valence-corrected chi connectivity index (χ3v) is 3.58. The second-order valence-corrected chi connectivity index (χ2v) is 5.37. The SMILES string of the molecule is CCOc1ccc2nc(C(=O)NCc3ccccc3C(F)(F)F)cn2n1. The summed E-state index contributed by atoms with van der Waals surface area (Å²) in [7, 11) is 0. The number of hydrogen-bond acceptors (Lipinski definition) is 4. The highest BCUT2D eigenvalue weighted by atomic mass is 19.4. The van der Waals surface area contributed by atoms with Gasteiger partial charge in [0.15, 0.2) is 5.65 Å². The molecule has 0 fully saturated rings. The molecular weight excluding hydrogens is 349 g/mol. The van der Waals surface area contributed by atoms with Crippen LogP contribution < -0.4 is 10.1 Å². The van der Waals surface area contributed by atoms with Gasteiger partial charge in [-0.1, -0.05) is 18.2 Å². The summed E-state index contributed by atoms with van der Waals surface area (Å²) < 4.78 is 45.6. The highest BCUT2D eigenvalue weighted by molar-refractivity contribution is 5.92. The summed E-state index contributed by atoms with van der Waals surface area (Å²) in [6.07, 6.45) is -3.09. The predicted molar refractivity (Wildman–Crippen MR) is 86.8 cm³/mol. The topological polar surface area (TPSA) is 68.5 Å². The zero-order valence-electron chi connectivity index (χ0n) is 13.7. The van der Waals surface area contributed by atoms with Crippen molar-refractivity contribution in [2.75, 3.05) is 6.61 Å². The van der Waals surface area contributed by atoms with Gasteiger partial charge in [-0.15, -0.1) is 5.10 Å². The number of fused-ring (bicyclic) bond motifs is 1. The first-order valence-electron chi connectivity index (χ1n) is 7.81. The Balaban J connectivity index is 1.76. The molecule has 0 radical (unpaired) electrons. The van der Waals surface area contributed by atoms with E-state index in [4.69, 9.17) is 4.74 Å². The van der Waals surface area contributed by atoms with Crippen LogP contribution in [-0.2, 0) is 12.7 Å². The summed E-state index contributed by atoms with van der Waals surface area (Å²) in [6, 6.07) is 8.34. The van der Waals surface area contributed by atoms with Crippen molar-refractivity contribution in [3.63, 3.8) is 0 Å². The van der Waals surface area contributed by atoms with Crippen molar-refractivity contribution >= 4 is 11.6 Å². The first-order valence-corrected chi connectivity index (χ1v) is 7.81. The highest BCUT2D eigenvalue weighted by Gasteiger charge is 2.32. The van der Waals surface area contributed by atoms with Crippen LogP contribution in [0, 0.1) is 0 Å². The molecule has 3 rings (SSSR count). The van der Waals surface area contributed by atoms with Crippen LogP contribution in [0.5, 0.6) is 5.88 Å². The van der Waals surface area contributed by atoms with E-state index in [1.165, 1.54) is 28.9 Å². The average molecular weight is 364 g/mol. The molecule has 2 aromatic heterocycles. The zero-order chi connectivity index (χ0) is 18.7. The molecule has 1 amide bonds. The smallest absolute Gasteiger partial charge is 0.416 e. The summed E-state index contributed by atoms with van der Waals surface area (Å²) in [5.74, 6) is -0.214. The van der Waals surface area contributed by atoms with E-state index in [2.05, 4.69) is 15.4 Å². The van der Waals surface area contributed by atoms with Crippen molar-refractivity contribution in [3.8, 4) is 5.88 Å². The first-order chi connectivity index (χ1) is 12.4. The van der Waals surface area contributed by atoms with E-state index in [0.717, 1.165) is 6.07 Å². The zero-order valence-corrected chi connectivity index (χ0v) is 13.7. The molecule has 6 nitrogen and oxygen atoms in total. The second-order valence-electron chi connectivity index (χ2n) is 5.37. The van der Waals surface area contributed by atoms with Gasteiger partial charge in [0.25, 0.3) is 5.91 Å². The fourth-order valence-electron chi connectivity index (χ4n) is 2.42. The molecule has 0 atom stereocenters. The number of ether oxygens (including phenoxy) is 1. The number of amides is 1. The Morgan fingerprint density at radius 1 is 1.23 bits per heavy atom. The van der Waals surface area contributed by atoms with Crippen LogP contribution in [0.4, 0.5) is 13.2 Å². The van der Waals surface area contributed by atoms with Crippen LogP contribution in [0.25, 0.3) is 5.65 Å². The van der Waals surface area contributed by atoms with E-state index in [0.29, 0.717) is 18.1 Å². The monoisotopic (exact) mass is 364 g/mol. The molecule has 0 bridgehead atoms. The van der Waals surface area contributed by atoms with Gasteiger partial charge in [0.2, 0.25) is 5.88 Å². The lowest BCUT2D eigenvalue weighted by atomic mass is 10.1. The molecule has 136 valence electrons. The number of carbonyl (C=O) groups excluding carboxylic acids is 1. The van der Waals surface area contributed by atoms with E-state index < -0.39 is 17.6 Å². The van der Waals surface area contributed by atoms with Gasteiger partial charge in [-0.25, -0.2) is 9.50 Å². The summed E-state index contributed by atoms with van der Waals surface area (Å²) in [5.41, 5.74) is -0.322. The molecule has 0 unspecified atom stereocenters. The molecule has 3 aromatic rings. The molecule has 0 saturated heterocycles. The van der Waals surface area contributed by atoms with Crippen molar-refractivity contribution in [3.05, 3.63) is 59.4 Å². The van der Waals surface area contributed by atoms with Crippen molar-refractivity contribution in [2.24, 2.45) is 0 Å². The number of hydrogen-bond donors (Lipinski definition) is 1. The van der Waals surface area contributed by atoms with Crippen molar-refractivity contribution in [1.82, 2.24) is 19.9 Å². The van der Waals surface area contributed by atoms with E-state index in [1.807, 2.05) is 6.92 Å². The molecular formula is C17H15F3N4O2.